The molecule has 1 rings (SSSR count). The molecule has 1 aliphatic heterocycles. The van der Waals surface area contributed by atoms with Crippen molar-refractivity contribution in [1.82, 2.24) is 9.80 Å². The molecule has 3 N–H and O–H groups in total. The number of urea groups is 1. The Balaban J connectivity index is 2.90. The van der Waals surface area contributed by atoms with Crippen LogP contribution in [0.5, 0.6) is 0 Å². The van der Waals surface area contributed by atoms with Crippen molar-refractivity contribution < 1.29 is 24.9 Å². The first kappa shape index (κ1) is 16.7. The van der Waals surface area contributed by atoms with E-state index in [-0.39, 0.29) is 32.2 Å². The van der Waals surface area contributed by atoms with E-state index in [2.05, 4.69) is 0 Å². The first-order chi connectivity index (χ1) is 9.46. The summed E-state index contributed by atoms with van der Waals surface area (Å²) in [7, 11) is 0. The Morgan fingerprint density at radius 2 is 1.95 bits per heavy atom. The number of amides is 2. The fourth-order valence-electron chi connectivity index (χ4n) is 2.70. The Kier molecular flexibility index (Phi) is 6.22. The molecule has 1 aliphatic rings. The third-order valence-electron chi connectivity index (χ3n) is 3.78. The van der Waals surface area contributed by atoms with Crippen LogP contribution in [0.2, 0.25) is 0 Å². The van der Waals surface area contributed by atoms with Crippen molar-refractivity contribution >= 4 is 12.0 Å². The third kappa shape index (κ3) is 3.61. The zero-order valence-corrected chi connectivity index (χ0v) is 12.0. The van der Waals surface area contributed by atoms with Gasteiger partial charge in [-0.25, -0.2) is 9.59 Å². The van der Waals surface area contributed by atoms with Gasteiger partial charge in [0.2, 0.25) is 0 Å². The normalized spacial score (nSPS) is 22.4. The summed E-state index contributed by atoms with van der Waals surface area (Å²) in [5, 5.41) is 27.9. The van der Waals surface area contributed by atoms with Gasteiger partial charge in [0.1, 0.15) is 6.04 Å². The number of hydrogen-bond donors (Lipinski definition) is 3. The monoisotopic (exact) mass is 288 g/mol. The number of β-amino-alcohol motifs (C(OH)–C–C–N with tert-alkyl or cyclic N) is 1. The smallest absolute Gasteiger partial charge is 0.326 e. The van der Waals surface area contributed by atoms with E-state index in [4.69, 9.17) is 10.2 Å². The van der Waals surface area contributed by atoms with Crippen molar-refractivity contribution in [2.24, 2.45) is 0 Å². The molecule has 20 heavy (non-hydrogen) atoms. The minimum Gasteiger partial charge on any atom is -0.480 e. The van der Waals surface area contributed by atoms with Gasteiger partial charge in [-0.15, -0.1) is 0 Å². The molecule has 0 spiro atoms. The first-order valence-corrected chi connectivity index (χ1v) is 7.05. The van der Waals surface area contributed by atoms with Crippen LogP contribution >= 0.6 is 0 Å². The van der Waals surface area contributed by atoms with E-state index in [1.807, 2.05) is 13.8 Å². The molecule has 2 amide bonds. The van der Waals surface area contributed by atoms with Crippen LogP contribution in [0.4, 0.5) is 4.79 Å². The molecule has 1 fully saturated rings. The van der Waals surface area contributed by atoms with Crippen LogP contribution in [0.1, 0.15) is 33.1 Å². The van der Waals surface area contributed by atoms with Crippen LogP contribution in [0, 0.1) is 0 Å². The molecule has 1 saturated heterocycles. The van der Waals surface area contributed by atoms with Crippen molar-refractivity contribution in [3.05, 3.63) is 0 Å². The number of hydrogen-bond acceptors (Lipinski definition) is 4. The predicted octanol–water partition coefficient (Wildman–Crippen LogP) is 0.109. The molecule has 0 aromatic carbocycles. The molecular weight excluding hydrogens is 264 g/mol. The lowest BCUT2D eigenvalue weighted by molar-refractivity contribution is -0.141. The first-order valence-electron chi connectivity index (χ1n) is 7.05. The molecular formula is C13H24N2O5. The number of carboxylic acids is 1. The summed E-state index contributed by atoms with van der Waals surface area (Å²) in [5.74, 6) is -1.11. The SMILES string of the molecule is CCC(CC)N(CCO)C(=O)N1CC(O)CC1C(=O)O. The highest BCUT2D eigenvalue weighted by Crippen LogP contribution is 2.22. The van der Waals surface area contributed by atoms with E-state index >= 15 is 0 Å². The Labute approximate surface area is 118 Å². The average molecular weight is 288 g/mol. The molecule has 0 aliphatic carbocycles. The zero-order valence-electron chi connectivity index (χ0n) is 12.0. The van der Waals surface area contributed by atoms with E-state index in [1.54, 1.807) is 0 Å². The largest absolute Gasteiger partial charge is 0.480 e. The number of rotatable bonds is 6. The minimum atomic E-state index is -1.11. The lowest BCUT2D eigenvalue weighted by Crippen LogP contribution is -2.52. The Bertz CT molecular complexity index is 346. The topological polar surface area (TPSA) is 101 Å². The maximum atomic E-state index is 12.5. The third-order valence-corrected chi connectivity index (χ3v) is 3.78. The summed E-state index contributed by atoms with van der Waals surface area (Å²) >= 11 is 0. The highest BCUT2D eigenvalue weighted by atomic mass is 16.4. The Morgan fingerprint density at radius 3 is 2.40 bits per heavy atom. The second kappa shape index (κ2) is 7.44. The number of carboxylic acid groups (broad SMARTS) is 1. The van der Waals surface area contributed by atoms with Crippen molar-refractivity contribution in [2.75, 3.05) is 19.7 Å². The van der Waals surface area contributed by atoms with Gasteiger partial charge in [-0.3, -0.25) is 0 Å². The number of aliphatic carboxylic acids is 1. The standard InChI is InChI=1S/C13H24N2O5/c1-3-9(4-2)14(5-6-16)13(20)15-8-10(17)7-11(15)12(18)19/h9-11,16-17H,3-8H2,1-2H3,(H,18,19). The molecule has 7 heteroatoms. The number of aliphatic hydroxyl groups is 2. The van der Waals surface area contributed by atoms with Gasteiger partial charge in [0, 0.05) is 25.6 Å². The second-order valence-corrected chi connectivity index (χ2v) is 5.07. The van der Waals surface area contributed by atoms with Gasteiger partial charge >= 0.3 is 12.0 Å². The fourth-order valence-corrected chi connectivity index (χ4v) is 2.70. The fraction of sp³-hybridized carbons (Fsp3) is 0.846. The number of aliphatic hydroxyl groups excluding tert-OH is 2. The molecule has 7 nitrogen and oxygen atoms in total. The Morgan fingerprint density at radius 1 is 1.35 bits per heavy atom. The van der Waals surface area contributed by atoms with Gasteiger partial charge in [-0.05, 0) is 12.8 Å². The molecule has 0 aromatic heterocycles. The maximum Gasteiger partial charge on any atom is 0.326 e. The van der Waals surface area contributed by atoms with Crippen LogP contribution < -0.4 is 0 Å². The molecule has 0 radical (unpaired) electrons. The van der Waals surface area contributed by atoms with Crippen LogP contribution in [0.25, 0.3) is 0 Å². The Hall–Kier alpha value is -1.34. The molecule has 0 saturated carbocycles. The van der Waals surface area contributed by atoms with E-state index in [0.29, 0.717) is 0 Å². The van der Waals surface area contributed by atoms with Gasteiger partial charge in [0.15, 0.2) is 0 Å². The van der Waals surface area contributed by atoms with Gasteiger partial charge < -0.3 is 25.1 Å². The molecule has 2 unspecified atom stereocenters. The molecule has 0 aromatic rings. The van der Waals surface area contributed by atoms with E-state index in [9.17, 15) is 14.7 Å². The van der Waals surface area contributed by atoms with E-state index in [1.165, 1.54) is 9.80 Å². The summed E-state index contributed by atoms with van der Waals surface area (Å²) in [5.41, 5.74) is 0. The number of carbonyl (C=O) groups excluding carboxylic acids is 1. The zero-order chi connectivity index (χ0) is 15.3. The van der Waals surface area contributed by atoms with E-state index < -0.39 is 24.1 Å². The summed E-state index contributed by atoms with van der Waals surface area (Å²) in [6, 6.07) is -1.45. The molecule has 116 valence electrons. The van der Waals surface area contributed by atoms with Crippen molar-refractivity contribution in [1.29, 1.82) is 0 Å². The van der Waals surface area contributed by atoms with Gasteiger partial charge in [0.05, 0.1) is 12.7 Å². The highest BCUT2D eigenvalue weighted by molar-refractivity contribution is 5.83. The van der Waals surface area contributed by atoms with Gasteiger partial charge in [-0.2, -0.15) is 0 Å². The molecule has 2 atom stereocenters. The minimum absolute atomic E-state index is 0.0257. The summed E-state index contributed by atoms with van der Waals surface area (Å²) in [6.45, 7) is 3.91. The van der Waals surface area contributed by atoms with Crippen LogP contribution in [-0.4, -0.2) is 75.0 Å². The average Bonchev–Trinajstić information content (AvgIpc) is 2.80. The van der Waals surface area contributed by atoms with Crippen molar-refractivity contribution in [3.8, 4) is 0 Å². The van der Waals surface area contributed by atoms with Crippen molar-refractivity contribution in [3.63, 3.8) is 0 Å². The lowest BCUT2D eigenvalue weighted by atomic mass is 10.1. The quantitative estimate of drug-likeness (QED) is 0.644. The number of nitrogens with zero attached hydrogens (tertiary/aromatic N) is 2. The van der Waals surface area contributed by atoms with Crippen LogP contribution in [0.3, 0.4) is 0 Å². The molecule has 0 bridgehead atoms. The maximum absolute atomic E-state index is 12.5. The summed E-state index contributed by atoms with van der Waals surface area (Å²) < 4.78 is 0. The summed E-state index contributed by atoms with van der Waals surface area (Å²) in [6.07, 6.45) is 0.710. The predicted molar refractivity (Wildman–Crippen MR) is 72.3 cm³/mol. The van der Waals surface area contributed by atoms with Gasteiger partial charge in [-0.1, -0.05) is 13.8 Å². The van der Waals surface area contributed by atoms with E-state index in [0.717, 1.165) is 12.8 Å². The number of likely N-dealkylation sites (tertiary alicyclic amines) is 1. The van der Waals surface area contributed by atoms with Gasteiger partial charge in [0.25, 0.3) is 0 Å². The lowest BCUT2D eigenvalue weighted by Gasteiger charge is -2.35. The highest BCUT2D eigenvalue weighted by Gasteiger charge is 2.41. The number of carbonyl (C=O) groups is 2. The summed E-state index contributed by atoms with van der Waals surface area (Å²) in [4.78, 5) is 26.4. The van der Waals surface area contributed by atoms with Crippen LogP contribution in [0.15, 0.2) is 0 Å². The van der Waals surface area contributed by atoms with Crippen LogP contribution in [-0.2, 0) is 4.79 Å². The van der Waals surface area contributed by atoms with Crippen molar-refractivity contribution in [2.45, 2.75) is 51.3 Å². The second-order valence-electron chi connectivity index (χ2n) is 5.07. The molecule has 1 heterocycles.